The molecule has 1 unspecified atom stereocenters. The summed E-state index contributed by atoms with van der Waals surface area (Å²) >= 11 is 0. The van der Waals surface area contributed by atoms with E-state index in [-0.39, 0.29) is 24.0 Å². The molecule has 0 fully saturated rings. The van der Waals surface area contributed by atoms with Gasteiger partial charge >= 0.3 is 11.9 Å². The third-order valence-electron chi connectivity index (χ3n) is 9.69. The van der Waals surface area contributed by atoms with E-state index in [4.69, 9.17) is 19.3 Å². The van der Waals surface area contributed by atoms with Gasteiger partial charge in [-0.15, -0.1) is 0 Å². The van der Waals surface area contributed by atoms with Gasteiger partial charge in [0.25, 0.3) is 0 Å². The minimum absolute atomic E-state index is 0.0813. The number of aldehydes is 2. The Morgan fingerprint density at radius 2 is 0.843 bits per heavy atom. The van der Waals surface area contributed by atoms with Crippen LogP contribution in [0.5, 0.6) is 0 Å². The van der Waals surface area contributed by atoms with E-state index in [0.29, 0.717) is 50.8 Å². The molecule has 0 aliphatic heterocycles. The zero-order valence-electron chi connectivity index (χ0n) is 50.9. The summed E-state index contributed by atoms with van der Waals surface area (Å²) in [6.45, 7) is 38.9. The van der Waals surface area contributed by atoms with Crippen molar-refractivity contribution >= 4 is 24.5 Å². The molecule has 428 valence electrons. The van der Waals surface area contributed by atoms with Crippen LogP contribution in [0.2, 0.25) is 0 Å². The van der Waals surface area contributed by atoms with Crippen LogP contribution in [-0.4, -0.2) is 69.8 Å². The van der Waals surface area contributed by atoms with E-state index in [1.54, 1.807) is 0 Å². The Morgan fingerprint density at radius 1 is 0.500 bits per heavy atom. The van der Waals surface area contributed by atoms with Crippen LogP contribution < -0.4 is 0 Å². The van der Waals surface area contributed by atoms with Crippen molar-refractivity contribution in [3.8, 4) is 0 Å². The Morgan fingerprint density at radius 3 is 1.20 bits per heavy atom. The van der Waals surface area contributed by atoms with Gasteiger partial charge in [-0.1, -0.05) is 246 Å². The second kappa shape index (κ2) is 89.6. The SMILES string of the molecule is C=C(OCCCC)C(C)(C)CO.CC.CCC.CCC.CCC.CCCCCC.CCCCCCC(CC)OC.CCCCCCCOC(=O)CCCCCCC(=O)OC.O=CCCCCCCC=O. The first kappa shape index (κ1) is 87.4. The summed E-state index contributed by atoms with van der Waals surface area (Å²) in [5.41, 5.74) is -0.312. The molecule has 0 bridgehead atoms. The van der Waals surface area contributed by atoms with Gasteiger partial charge in [0.05, 0.1) is 38.8 Å². The van der Waals surface area contributed by atoms with E-state index in [1.165, 1.54) is 103 Å². The van der Waals surface area contributed by atoms with Crippen LogP contribution in [0, 0.1) is 5.41 Å². The Bertz CT molecular complexity index is 882. The molecule has 0 spiro atoms. The summed E-state index contributed by atoms with van der Waals surface area (Å²) in [5, 5.41) is 8.98. The second-order valence-electron chi connectivity index (χ2n) is 18.1. The second-order valence-corrected chi connectivity index (χ2v) is 18.1. The van der Waals surface area contributed by atoms with Gasteiger partial charge in [-0.25, -0.2) is 0 Å². The fourth-order valence-electron chi connectivity index (χ4n) is 5.18. The summed E-state index contributed by atoms with van der Waals surface area (Å²) < 4.78 is 20.4. The number of aliphatic hydroxyl groups is 1. The van der Waals surface area contributed by atoms with E-state index < -0.39 is 0 Å². The summed E-state index contributed by atoms with van der Waals surface area (Å²) in [6, 6.07) is 0. The first-order valence-electron chi connectivity index (χ1n) is 29.2. The number of methoxy groups -OCH3 is 2. The number of carbonyl (C=O) groups is 4. The molecule has 0 rings (SSSR count). The normalized spacial score (nSPS) is 9.93. The molecule has 0 aliphatic carbocycles. The zero-order valence-corrected chi connectivity index (χ0v) is 50.9. The van der Waals surface area contributed by atoms with Gasteiger partial charge in [0.1, 0.15) is 12.6 Å². The Labute approximate surface area is 440 Å². The standard InChI is InChI=1S/C16H30O4.C10H20O2.C10H22O.C8H14O2.C6H14.3C3H8.C2H6/c1-3-4-5-8-11-14-20-16(18)13-10-7-6-9-12-15(17)19-2;1-5-6-7-12-9(2)10(3,4)8-11;1-4-6-7-8-9-10(5-2)11-3;9-7-5-3-1-2-4-6-8-10;1-3-5-6-4-2;3*1-3-2;1-2/h3-14H2,1-2H3;11H,2,5-8H2,1,3-4H3;10H,4-9H2,1-3H3;7-8H,1-6H2;3-6H2,1-2H3;3*3H2,1-2H3;1-2H3. The maximum absolute atomic E-state index is 11.4. The molecule has 0 aliphatic rings. The fourth-order valence-corrected chi connectivity index (χ4v) is 5.18. The Hall–Kier alpha value is -2.26. The molecule has 0 amide bonds. The highest BCUT2D eigenvalue weighted by Gasteiger charge is 2.21. The third-order valence-corrected chi connectivity index (χ3v) is 9.69. The van der Waals surface area contributed by atoms with E-state index in [0.717, 1.165) is 96.0 Å². The van der Waals surface area contributed by atoms with Gasteiger partial charge in [0.15, 0.2) is 0 Å². The molecule has 9 nitrogen and oxygen atoms in total. The predicted octanol–water partition coefficient (Wildman–Crippen LogP) is 19.3. The largest absolute Gasteiger partial charge is 0.498 e. The molecule has 0 saturated heterocycles. The van der Waals surface area contributed by atoms with Crippen molar-refractivity contribution in [3.05, 3.63) is 12.3 Å². The van der Waals surface area contributed by atoms with Crippen molar-refractivity contribution in [2.45, 2.75) is 322 Å². The van der Waals surface area contributed by atoms with Crippen LogP contribution in [0.15, 0.2) is 12.3 Å². The molecule has 1 N–H and O–H groups in total. The fraction of sp³-hybridized carbons (Fsp3) is 0.902. The smallest absolute Gasteiger partial charge is 0.305 e. The number of hydrogen-bond donors (Lipinski definition) is 1. The van der Waals surface area contributed by atoms with E-state index in [2.05, 4.69) is 94.4 Å². The number of esters is 2. The van der Waals surface area contributed by atoms with Gasteiger partial charge in [-0.2, -0.15) is 0 Å². The third kappa shape index (κ3) is 107. The molecule has 0 radical (unpaired) electrons. The molecule has 0 aromatic carbocycles. The summed E-state index contributed by atoms with van der Waals surface area (Å²) in [6.07, 6.45) is 37.5. The minimum Gasteiger partial charge on any atom is -0.498 e. The lowest BCUT2D eigenvalue weighted by Gasteiger charge is -2.24. The summed E-state index contributed by atoms with van der Waals surface area (Å²) in [5.74, 6) is 0.430. The van der Waals surface area contributed by atoms with Crippen molar-refractivity contribution in [2.75, 3.05) is 34.0 Å². The molecular weight excluding hydrogens is 877 g/mol. The van der Waals surface area contributed by atoms with Gasteiger partial charge < -0.3 is 33.6 Å². The van der Waals surface area contributed by atoms with Crippen LogP contribution >= 0.6 is 0 Å². The average Bonchev–Trinajstić information content (AvgIpc) is 3.36. The van der Waals surface area contributed by atoms with E-state index in [9.17, 15) is 19.2 Å². The molecule has 70 heavy (non-hydrogen) atoms. The van der Waals surface area contributed by atoms with E-state index in [1.807, 2.05) is 34.8 Å². The number of rotatable bonds is 36. The summed E-state index contributed by atoms with van der Waals surface area (Å²) in [4.78, 5) is 42.0. The number of aliphatic hydroxyl groups excluding tert-OH is 1. The van der Waals surface area contributed by atoms with Crippen LogP contribution in [0.25, 0.3) is 0 Å². The van der Waals surface area contributed by atoms with Gasteiger partial charge in [0.2, 0.25) is 0 Å². The number of hydrogen-bond acceptors (Lipinski definition) is 9. The van der Waals surface area contributed by atoms with Gasteiger partial charge in [-0.3, -0.25) is 9.59 Å². The molecule has 0 aromatic heterocycles. The maximum atomic E-state index is 11.4. The lowest BCUT2D eigenvalue weighted by molar-refractivity contribution is -0.144. The van der Waals surface area contributed by atoms with Crippen LogP contribution in [0.1, 0.15) is 316 Å². The molecule has 0 saturated carbocycles. The van der Waals surface area contributed by atoms with Gasteiger partial charge in [-0.05, 0) is 51.4 Å². The quantitative estimate of drug-likeness (QED) is 0.0283. The van der Waals surface area contributed by atoms with Crippen molar-refractivity contribution in [2.24, 2.45) is 5.41 Å². The zero-order chi connectivity index (χ0) is 55.8. The topological polar surface area (TPSA) is 125 Å². The highest BCUT2D eigenvalue weighted by atomic mass is 16.5. The predicted molar refractivity (Wildman–Crippen MR) is 309 cm³/mol. The summed E-state index contributed by atoms with van der Waals surface area (Å²) in [7, 11) is 3.22. The van der Waals surface area contributed by atoms with Crippen LogP contribution in [-0.2, 0) is 38.1 Å². The molecule has 9 heteroatoms. The lowest BCUT2D eigenvalue weighted by atomic mass is 9.93. The first-order valence-corrected chi connectivity index (χ1v) is 29.2. The van der Waals surface area contributed by atoms with Crippen LogP contribution in [0.3, 0.4) is 0 Å². The number of unbranched alkanes of at least 4 members (excludes halogenated alkanes) is 19. The van der Waals surface area contributed by atoms with Crippen molar-refractivity contribution < 1.29 is 43.2 Å². The van der Waals surface area contributed by atoms with Gasteiger partial charge in [0, 0.05) is 38.2 Å². The van der Waals surface area contributed by atoms with Crippen LogP contribution in [0.4, 0.5) is 0 Å². The maximum Gasteiger partial charge on any atom is 0.305 e. The number of carbonyl (C=O) groups excluding carboxylic acids is 4. The van der Waals surface area contributed by atoms with E-state index >= 15 is 0 Å². The highest BCUT2D eigenvalue weighted by molar-refractivity contribution is 5.69. The molecule has 0 aromatic rings. The minimum atomic E-state index is -0.312. The van der Waals surface area contributed by atoms with Crippen molar-refractivity contribution in [3.63, 3.8) is 0 Å². The molecule has 1 atom stereocenters. The first-order chi connectivity index (χ1) is 33.7. The highest BCUT2D eigenvalue weighted by Crippen LogP contribution is 2.24. The monoisotopic (exact) mass is 1010 g/mol. The Kier molecular flexibility index (Phi) is 112. The average molecular weight is 1010 g/mol. The number of ether oxygens (including phenoxy) is 4. The Balaban J connectivity index is -0.0000000934. The molecular formula is C61H130O9. The lowest BCUT2D eigenvalue weighted by Crippen LogP contribution is -2.21. The molecule has 0 heterocycles. The van der Waals surface area contributed by atoms with Crippen molar-refractivity contribution in [1.82, 2.24) is 0 Å². The van der Waals surface area contributed by atoms with Crippen molar-refractivity contribution in [1.29, 1.82) is 0 Å².